The third-order valence-electron chi connectivity index (χ3n) is 2.78. The van der Waals surface area contributed by atoms with Crippen molar-refractivity contribution in [1.29, 1.82) is 0 Å². The number of halogens is 1. The lowest BCUT2D eigenvalue weighted by molar-refractivity contribution is 0.628. The van der Waals surface area contributed by atoms with E-state index in [0.29, 0.717) is 0 Å². The summed E-state index contributed by atoms with van der Waals surface area (Å²) in [6.07, 6.45) is 0. The number of anilines is 1. The van der Waals surface area contributed by atoms with E-state index in [0.717, 1.165) is 27.5 Å². The zero-order chi connectivity index (χ0) is 13.2. The minimum Gasteiger partial charge on any atom is -0.399 e. The summed E-state index contributed by atoms with van der Waals surface area (Å²) in [5.41, 5.74) is 8.98. The average Bonchev–Trinajstić information content (AvgIpc) is 2.89. The largest absolute Gasteiger partial charge is 0.399 e. The Hall–Kier alpha value is -2.20. The van der Waals surface area contributed by atoms with Gasteiger partial charge >= 0.3 is 0 Å². The first-order chi connectivity index (χ1) is 9.22. The molecular formula is C15H11FN2S. The number of aromatic nitrogens is 1. The number of hydrogen-bond donors (Lipinski definition) is 1. The first kappa shape index (κ1) is 11.9. The molecule has 3 aromatic rings. The quantitative estimate of drug-likeness (QED) is 0.709. The minimum atomic E-state index is -0.250. The molecule has 0 saturated heterocycles. The summed E-state index contributed by atoms with van der Waals surface area (Å²) in [7, 11) is 0. The summed E-state index contributed by atoms with van der Waals surface area (Å²) in [5.74, 6) is -0.250. The Morgan fingerprint density at radius 2 is 1.79 bits per heavy atom. The molecular weight excluding hydrogens is 259 g/mol. The molecule has 0 aliphatic heterocycles. The highest BCUT2D eigenvalue weighted by molar-refractivity contribution is 7.13. The van der Waals surface area contributed by atoms with E-state index in [1.165, 1.54) is 23.5 Å². The smallest absolute Gasteiger partial charge is 0.124 e. The molecule has 0 unspecified atom stereocenters. The van der Waals surface area contributed by atoms with E-state index >= 15 is 0 Å². The number of thiazole rings is 1. The molecule has 2 nitrogen and oxygen atoms in total. The van der Waals surface area contributed by atoms with E-state index in [4.69, 9.17) is 5.73 Å². The van der Waals surface area contributed by atoms with Crippen LogP contribution in [0.2, 0.25) is 0 Å². The molecule has 0 radical (unpaired) electrons. The molecule has 0 amide bonds. The van der Waals surface area contributed by atoms with Gasteiger partial charge in [-0.05, 0) is 36.4 Å². The summed E-state index contributed by atoms with van der Waals surface area (Å²) >= 11 is 1.53. The van der Waals surface area contributed by atoms with Gasteiger partial charge in [-0.1, -0.05) is 12.1 Å². The highest BCUT2D eigenvalue weighted by atomic mass is 32.1. The molecule has 0 atom stereocenters. The lowest BCUT2D eigenvalue weighted by atomic mass is 10.1. The van der Waals surface area contributed by atoms with Crippen molar-refractivity contribution < 1.29 is 4.39 Å². The average molecular weight is 270 g/mol. The molecule has 1 heterocycles. The third-order valence-corrected chi connectivity index (χ3v) is 3.67. The highest BCUT2D eigenvalue weighted by Gasteiger charge is 2.07. The van der Waals surface area contributed by atoms with Crippen molar-refractivity contribution in [1.82, 2.24) is 4.98 Å². The Kier molecular flexibility index (Phi) is 3.01. The Labute approximate surface area is 114 Å². The monoisotopic (exact) mass is 270 g/mol. The summed E-state index contributed by atoms with van der Waals surface area (Å²) < 4.78 is 13.2. The van der Waals surface area contributed by atoms with Crippen molar-refractivity contribution in [3.8, 4) is 21.8 Å². The fourth-order valence-corrected chi connectivity index (χ4v) is 2.65. The SMILES string of the molecule is Nc1ccc(-c2nc(-c3cccc(F)c3)cs2)cc1. The van der Waals surface area contributed by atoms with Gasteiger partial charge in [-0.3, -0.25) is 0 Å². The van der Waals surface area contributed by atoms with Crippen molar-refractivity contribution >= 4 is 17.0 Å². The van der Waals surface area contributed by atoms with Crippen LogP contribution in [-0.2, 0) is 0 Å². The molecule has 19 heavy (non-hydrogen) atoms. The van der Waals surface area contributed by atoms with Crippen LogP contribution in [0.5, 0.6) is 0 Å². The molecule has 3 rings (SSSR count). The van der Waals surface area contributed by atoms with Crippen LogP contribution in [0.25, 0.3) is 21.8 Å². The second-order valence-electron chi connectivity index (χ2n) is 4.17. The summed E-state index contributed by atoms with van der Waals surface area (Å²) in [5, 5.41) is 2.83. The number of rotatable bonds is 2. The van der Waals surface area contributed by atoms with E-state index in [1.54, 1.807) is 6.07 Å². The van der Waals surface area contributed by atoms with E-state index < -0.39 is 0 Å². The van der Waals surface area contributed by atoms with Crippen molar-refractivity contribution in [2.45, 2.75) is 0 Å². The number of nitrogen functional groups attached to an aromatic ring is 1. The Morgan fingerprint density at radius 3 is 2.53 bits per heavy atom. The maximum absolute atomic E-state index is 13.2. The van der Waals surface area contributed by atoms with Crippen molar-refractivity contribution in [2.24, 2.45) is 0 Å². The van der Waals surface area contributed by atoms with Gasteiger partial charge in [0.1, 0.15) is 10.8 Å². The van der Waals surface area contributed by atoms with Crippen LogP contribution in [0.15, 0.2) is 53.9 Å². The maximum atomic E-state index is 13.2. The van der Waals surface area contributed by atoms with Crippen molar-refractivity contribution in [3.05, 3.63) is 59.7 Å². The lowest BCUT2D eigenvalue weighted by Gasteiger charge is -1.98. The van der Waals surface area contributed by atoms with Crippen LogP contribution >= 0.6 is 11.3 Å². The number of nitrogens with zero attached hydrogens (tertiary/aromatic N) is 1. The molecule has 0 bridgehead atoms. The van der Waals surface area contributed by atoms with Gasteiger partial charge in [0.2, 0.25) is 0 Å². The zero-order valence-electron chi connectivity index (χ0n) is 10.0. The molecule has 0 saturated carbocycles. The molecule has 4 heteroatoms. The molecule has 2 aromatic carbocycles. The standard InChI is InChI=1S/C15H11FN2S/c16-12-3-1-2-11(8-12)14-9-19-15(18-14)10-4-6-13(17)7-5-10/h1-9H,17H2. The van der Waals surface area contributed by atoms with Crippen LogP contribution in [0.4, 0.5) is 10.1 Å². The first-order valence-corrected chi connectivity index (χ1v) is 6.68. The number of nitrogens with two attached hydrogens (primary N) is 1. The van der Waals surface area contributed by atoms with Gasteiger partial charge in [0, 0.05) is 22.2 Å². The molecule has 1 aromatic heterocycles. The summed E-state index contributed by atoms with van der Waals surface area (Å²) in [4.78, 5) is 4.53. The van der Waals surface area contributed by atoms with Crippen molar-refractivity contribution in [2.75, 3.05) is 5.73 Å². The number of hydrogen-bond acceptors (Lipinski definition) is 3. The summed E-state index contributed by atoms with van der Waals surface area (Å²) in [6, 6.07) is 14.0. The molecule has 0 spiro atoms. The topological polar surface area (TPSA) is 38.9 Å². The van der Waals surface area contributed by atoms with Gasteiger partial charge in [-0.15, -0.1) is 11.3 Å². The lowest BCUT2D eigenvalue weighted by Crippen LogP contribution is -1.84. The fraction of sp³-hybridized carbons (Fsp3) is 0. The Morgan fingerprint density at radius 1 is 1.00 bits per heavy atom. The fourth-order valence-electron chi connectivity index (χ4n) is 1.81. The first-order valence-electron chi connectivity index (χ1n) is 5.80. The molecule has 94 valence electrons. The van der Waals surface area contributed by atoms with Gasteiger partial charge in [0.05, 0.1) is 5.69 Å². The van der Waals surface area contributed by atoms with E-state index in [9.17, 15) is 4.39 Å². The molecule has 0 aliphatic carbocycles. The van der Waals surface area contributed by atoms with Crippen molar-refractivity contribution in [3.63, 3.8) is 0 Å². The van der Waals surface area contributed by atoms with Gasteiger partial charge < -0.3 is 5.73 Å². The van der Waals surface area contributed by atoms with E-state index in [2.05, 4.69) is 4.98 Å². The summed E-state index contributed by atoms with van der Waals surface area (Å²) in [6.45, 7) is 0. The van der Waals surface area contributed by atoms with Gasteiger partial charge in [-0.2, -0.15) is 0 Å². The Bertz CT molecular complexity index is 704. The molecule has 0 aliphatic rings. The zero-order valence-corrected chi connectivity index (χ0v) is 10.8. The third kappa shape index (κ3) is 2.48. The molecule has 2 N–H and O–H groups in total. The Balaban J connectivity index is 1.97. The normalized spacial score (nSPS) is 10.6. The van der Waals surface area contributed by atoms with E-state index in [-0.39, 0.29) is 5.82 Å². The predicted octanol–water partition coefficient (Wildman–Crippen LogP) is 4.20. The van der Waals surface area contributed by atoms with Crippen LogP contribution in [0, 0.1) is 5.82 Å². The van der Waals surface area contributed by atoms with Gasteiger partial charge in [-0.25, -0.2) is 9.37 Å². The second kappa shape index (κ2) is 4.82. The van der Waals surface area contributed by atoms with Crippen LogP contribution in [-0.4, -0.2) is 4.98 Å². The van der Waals surface area contributed by atoms with Gasteiger partial charge in [0.15, 0.2) is 0 Å². The highest BCUT2D eigenvalue weighted by Crippen LogP contribution is 2.29. The minimum absolute atomic E-state index is 0.250. The van der Waals surface area contributed by atoms with E-state index in [1.807, 2.05) is 35.7 Å². The predicted molar refractivity (Wildman–Crippen MR) is 77.4 cm³/mol. The molecule has 0 fully saturated rings. The van der Waals surface area contributed by atoms with Crippen LogP contribution in [0.1, 0.15) is 0 Å². The second-order valence-corrected chi connectivity index (χ2v) is 5.03. The number of benzene rings is 2. The van der Waals surface area contributed by atoms with Gasteiger partial charge in [0.25, 0.3) is 0 Å². The van der Waals surface area contributed by atoms with Crippen LogP contribution < -0.4 is 5.73 Å². The van der Waals surface area contributed by atoms with Crippen LogP contribution in [0.3, 0.4) is 0 Å². The maximum Gasteiger partial charge on any atom is 0.124 e.